The monoisotopic (exact) mass is 313 g/mol. The van der Waals surface area contributed by atoms with Crippen LogP contribution in [0.5, 0.6) is 0 Å². The van der Waals surface area contributed by atoms with Crippen molar-refractivity contribution in [3.8, 4) is 0 Å². The van der Waals surface area contributed by atoms with Gasteiger partial charge < -0.3 is 10.6 Å². The van der Waals surface area contributed by atoms with Crippen LogP contribution in [0.15, 0.2) is 30.3 Å². The van der Waals surface area contributed by atoms with Crippen molar-refractivity contribution in [2.45, 2.75) is 31.4 Å². The molecule has 1 fully saturated rings. The first-order valence-electron chi connectivity index (χ1n) is 7.53. The van der Waals surface area contributed by atoms with Crippen LogP contribution in [0.2, 0.25) is 0 Å². The Morgan fingerprint density at radius 2 is 2.00 bits per heavy atom. The highest BCUT2D eigenvalue weighted by molar-refractivity contribution is 5.77. The molecule has 122 valence electrons. The molecule has 1 saturated heterocycles. The molecule has 0 aromatic heterocycles. The van der Waals surface area contributed by atoms with E-state index in [0.29, 0.717) is 13.1 Å². The molecule has 0 aliphatic carbocycles. The Hall–Kier alpha value is -1.56. The molecule has 1 heterocycles. The number of amidine groups is 1. The summed E-state index contributed by atoms with van der Waals surface area (Å²) in [4.78, 5) is 1.86. The van der Waals surface area contributed by atoms with E-state index in [-0.39, 0.29) is 12.5 Å². The van der Waals surface area contributed by atoms with Gasteiger partial charge in [-0.1, -0.05) is 30.3 Å². The fourth-order valence-electron chi connectivity index (χ4n) is 3.08. The van der Waals surface area contributed by atoms with Gasteiger partial charge in [0.1, 0.15) is 0 Å². The SMILES string of the molecule is N=C(N)CC(CN1CCCC(c2ccccc2)C1)C(F)(F)F. The number of hydrogen-bond acceptors (Lipinski definition) is 2. The maximum Gasteiger partial charge on any atom is 0.393 e. The maximum atomic E-state index is 13.1. The molecular weight excluding hydrogens is 291 g/mol. The molecule has 2 atom stereocenters. The van der Waals surface area contributed by atoms with Gasteiger partial charge in [0.2, 0.25) is 0 Å². The van der Waals surface area contributed by atoms with Crippen molar-refractivity contribution >= 4 is 5.84 Å². The number of likely N-dealkylation sites (tertiary alicyclic amines) is 1. The van der Waals surface area contributed by atoms with E-state index in [0.717, 1.165) is 12.8 Å². The van der Waals surface area contributed by atoms with Gasteiger partial charge in [-0.05, 0) is 30.9 Å². The van der Waals surface area contributed by atoms with E-state index in [1.165, 1.54) is 5.56 Å². The minimum absolute atomic E-state index is 0.0770. The molecule has 1 aliphatic rings. The van der Waals surface area contributed by atoms with Crippen molar-refractivity contribution in [3.05, 3.63) is 35.9 Å². The first kappa shape index (κ1) is 16.8. The van der Waals surface area contributed by atoms with Crippen LogP contribution < -0.4 is 5.73 Å². The summed E-state index contributed by atoms with van der Waals surface area (Å²) in [5.74, 6) is -1.68. The van der Waals surface area contributed by atoms with Crippen LogP contribution in [0.1, 0.15) is 30.7 Å². The topological polar surface area (TPSA) is 53.1 Å². The van der Waals surface area contributed by atoms with Crippen molar-refractivity contribution in [1.82, 2.24) is 4.90 Å². The van der Waals surface area contributed by atoms with Crippen molar-refractivity contribution < 1.29 is 13.2 Å². The average molecular weight is 313 g/mol. The van der Waals surface area contributed by atoms with Crippen LogP contribution >= 0.6 is 0 Å². The van der Waals surface area contributed by atoms with E-state index in [1.54, 1.807) is 0 Å². The molecule has 2 rings (SSSR count). The van der Waals surface area contributed by atoms with Crippen LogP contribution in [-0.4, -0.2) is 36.5 Å². The zero-order chi connectivity index (χ0) is 16.2. The van der Waals surface area contributed by atoms with Crippen LogP contribution in [0.25, 0.3) is 0 Å². The molecule has 1 aromatic rings. The first-order chi connectivity index (χ1) is 10.4. The molecule has 1 aromatic carbocycles. The lowest BCUT2D eigenvalue weighted by Crippen LogP contribution is -2.42. The highest BCUT2D eigenvalue weighted by Crippen LogP contribution is 2.32. The first-order valence-corrected chi connectivity index (χ1v) is 7.53. The van der Waals surface area contributed by atoms with Gasteiger partial charge in [-0.15, -0.1) is 0 Å². The van der Waals surface area contributed by atoms with E-state index in [4.69, 9.17) is 11.1 Å². The van der Waals surface area contributed by atoms with Gasteiger partial charge in [0, 0.05) is 19.5 Å². The Balaban J connectivity index is 2.00. The Kier molecular flexibility index (Phi) is 5.45. The molecule has 1 aliphatic heterocycles. The number of hydrogen-bond donors (Lipinski definition) is 2. The zero-order valence-corrected chi connectivity index (χ0v) is 12.4. The third-order valence-corrected chi connectivity index (χ3v) is 4.18. The lowest BCUT2D eigenvalue weighted by atomic mass is 9.90. The van der Waals surface area contributed by atoms with Gasteiger partial charge in [-0.3, -0.25) is 5.41 Å². The van der Waals surface area contributed by atoms with Crippen molar-refractivity contribution in [3.63, 3.8) is 0 Å². The summed E-state index contributed by atoms with van der Waals surface area (Å²) in [5, 5.41) is 7.16. The molecule has 0 saturated carbocycles. The highest BCUT2D eigenvalue weighted by atomic mass is 19.4. The van der Waals surface area contributed by atoms with E-state index < -0.39 is 24.4 Å². The lowest BCUT2D eigenvalue weighted by Gasteiger charge is -2.35. The predicted molar refractivity (Wildman–Crippen MR) is 80.9 cm³/mol. The Morgan fingerprint density at radius 3 is 2.59 bits per heavy atom. The molecular formula is C16H22F3N3. The second-order valence-electron chi connectivity index (χ2n) is 5.98. The molecule has 2 unspecified atom stereocenters. The summed E-state index contributed by atoms with van der Waals surface area (Å²) in [6.45, 7) is 1.23. The molecule has 0 amide bonds. The summed E-state index contributed by atoms with van der Waals surface area (Å²) in [7, 11) is 0. The summed E-state index contributed by atoms with van der Waals surface area (Å²) in [6, 6.07) is 9.93. The van der Waals surface area contributed by atoms with Crippen LogP contribution in [-0.2, 0) is 0 Å². The number of nitrogens with zero attached hydrogens (tertiary/aromatic N) is 1. The van der Waals surface area contributed by atoms with Gasteiger partial charge in [0.25, 0.3) is 0 Å². The van der Waals surface area contributed by atoms with Gasteiger partial charge in [-0.25, -0.2) is 0 Å². The number of benzene rings is 1. The summed E-state index contributed by atoms with van der Waals surface area (Å²) in [5.41, 5.74) is 6.36. The third-order valence-electron chi connectivity index (χ3n) is 4.18. The predicted octanol–water partition coefficient (Wildman–Crippen LogP) is 3.37. The maximum absolute atomic E-state index is 13.1. The molecule has 22 heavy (non-hydrogen) atoms. The van der Waals surface area contributed by atoms with Crippen LogP contribution in [0.4, 0.5) is 13.2 Å². The summed E-state index contributed by atoms with van der Waals surface area (Å²) >= 11 is 0. The third kappa shape index (κ3) is 4.73. The second-order valence-corrected chi connectivity index (χ2v) is 5.98. The standard InChI is InChI=1S/C16H22F3N3/c17-16(18,19)14(9-15(20)21)11-22-8-4-7-13(10-22)12-5-2-1-3-6-12/h1-3,5-6,13-14H,4,7-11H2,(H3,20,21). The van der Waals surface area contributed by atoms with Gasteiger partial charge in [-0.2, -0.15) is 13.2 Å². The van der Waals surface area contributed by atoms with E-state index in [2.05, 4.69) is 0 Å². The van der Waals surface area contributed by atoms with Crippen LogP contribution in [0, 0.1) is 11.3 Å². The minimum atomic E-state index is -4.31. The largest absolute Gasteiger partial charge is 0.393 e. The molecule has 3 nitrogen and oxygen atoms in total. The Morgan fingerprint density at radius 1 is 1.32 bits per heavy atom. The summed E-state index contributed by atoms with van der Waals surface area (Å²) in [6.07, 6.45) is -2.84. The summed E-state index contributed by atoms with van der Waals surface area (Å²) < 4.78 is 39.2. The molecule has 0 radical (unpaired) electrons. The second kappa shape index (κ2) is 7.13. The molecule has 0 spiro atoms. The average Bonchev–Trinajstić information content (AvgIpc) is 2.46. The number of piperidine rings is 1. The quantitative estimate of drug-likeness (QED) is 0.647. The molecule has 6 heteroatoms. The highest BCUT2D eigenvalue weighted by Gasteiger charge is 2.41. The smallest absolute Gasteiger partial charge is 0.388 e. The Labute approximate surface area is 128 Å². The van der Waals surface area contributed by atoms with Crippen molar-refractivity contribution in [2.75, 3.05) is 19.6 Å². The lowest BCUT2D eigenvalue weighted by molar-refractivity contribution is -0.177. The van der Waals surface area contributed by atoms with E-state index in [1.807, 2.05) is 35.2 Å². The van der Waals surface area contributed by atoms with Gasteiger partial charge in [0.15, 0.2) is 0 Å². The van der Waals surface area contributed by atoms with E-state index in [9.17, 15) is 13.2 Å². The number of nitrogens with one attached hydrogen (secondary N) is 1. The van der Waals surface area contributed by atoms with Crippen molar-refractivity contribution in [1.29, 1.82) is 5.41 Å². The van der Waals surface area contributed by atoms with E-state index >= 15 is 0 Å². The van der Waals surface area contributed by atoms with Crippen LogP contribution in [0.3, 0.4) is 0 Å². The fraction of sp³-hybridized carbons (Fsp3) is 0.562. The molecule has 3 N–H and O–H groups in total. The fourth-order valence-corrected chi connectivity index (χ4v) is 3.08. The number of nitrogens with two attached hydrogens (primary N) is 1. The minimum Gasteiger partial charge on any atom is -0.388 e. The molecule has 0 bridgehead atoms. The number of rotatable bonds is 5. The Bertz CT molecular complexity index is 487. The van der Waals surface area contributed by atoms with Crippen molar-refractivity contribution in [2.24, 2.45) is 11.7 Å². The zero-order valence-electron chi connectivity index (χ0n) is 12.4. The number of halogens is 3. The normalized spacial score (nSPS) is 21.5. The van der Waals surface area contributed by atoms with Gasteiger partial charge >= 0.3 is 6.18 Å². The number of alkyl halides is 3. The van der Waals surface area contributed by atoms with Gasteiger partial charge in [0.05, 0.1) is 11.8 Å².